The van der Waals surface area contributed by atoms with Crippen molar-refractivity contribution in [3.63, 3.8) is 0 Å². The summed E-state index contributed by atoms with van der Waals surface area (Å²) in [4.78, 5) is 12.9. The normalized spacial score (nSPS) is 11.2. The maximum absolute atomic E-state index is 13.3. The van der Waals surface area contributed by atoms with E-state index < -0.39 is 0 Å². The fourth-order valence-corrected chi connectivity index (χ4v) is 3.60. The third-order valence-corrected chi connectivity index (χ3v) is 5.13. The summed E-state index contributed by atoms with van der Waals surface area (Å²) in [6.07, 6.45) is 5.75. The van der Waals surface area contributed by atoms with E-state index in [1.165, 1.54) is 18.5 Å². The molecular weight excluding hydrogens is 395 g/mol. The molecule has 0 atom stereocenters. The van der Waals surface area contributed by atoms with Crippen LogP contribution in [0.5, 0.6) is 0 Å². The molecule has 31 heavy (non-hydrogen) atoms. The molecular formula is C22H19FN8. The topological polar surface area (TPSA) is 97.2 Å². The van der Waals surface area contributed by atoms with Crippen molar-refractivity contribution in [2.75, 3.05) is 5.32 Å². The molecule has 0 aliphatic rings. The minimum Gasteiger partial charge on any atom is -0.325 e. The zero-order valence-corrected chi connectivity index (χ0v) is 17.0. The van der Waals surface area contributed by atoms with Crippen molar-refractivity contribution >= 4 is 22.5 Å². The Kier molecular flexibility index (Phi) is 4.62. The zero-order valence-electron chi connectivity index (χ0n) is 17.0. The number of rotatable bonds is 5. The first-order valence-electron chi connectivity index (χ1n) is 9.86. The molecule has 0 radical (unpaired) electrons. The standard InChI is InChI=1S/C22H19FN8/c1-3-16-21(14-4-6-15(23)7-5-14)28-29-22(16)27-19-10-20(26-12-25-19)31-18-8-9-24-11-17(18)13(2)30-31/h4-12H,3H2,1-2H3,(H2,25,26,27,28,29). The van der Waals surface area contributed by atoms with E-state index in [-0.39, 0.29) is 5.82 Å². The van der Waals surface area contributed by atoms with Crippen molar-refractivity contribution in [2.45, 2.75) is 20.3 Å². The Balaban J connectivity index is 1.50. The minimum atomic E-state index is -0.277. The van der Waals surface area contributed by atoms with Gasteiger partial charge in [-0.2, -0.15) is 10.2 Å². The minimum absolute atomic E-state index is 0.277. The van der Waals surface area contributed by atoms with Crippen molar-refractivity contribution in [1.29, 1.82) is 0 Å². The smallest absolute Gasteiger partial charge is 0.159 e. The number of halogens is 1. The molecule has 0 spiro atoms. The maximum atomic E-state index is 13.3. The van der Waals surface area contributed by atoms with Gasteiger partial charge in [-0.05, 0) is 43.7 Å². The Bertz CT molecular complexity index is 1370. The summed E-state index contributed by atoms with van der Waals surface area (Å²) < 4.78 is 15.1. The quantitative estimate of drug-likeness (QED) is 0.444. The Morgan fingerprint density at radius 2 is 1.97 bits per heavy atom. The van der Waals surface area contributed by atoms with Gasteiger partial charge in [-0.25, -0.2) is 19.0 Å². The largest absolute Gasteiger partial charge is 0.325 e. The van der Waals surface area contributed by atoms with Gasteiger partial charge in [0, 0.05) is 35.0 Å². The number of anilines is 2. The van der Waals surface area contributed by atoms with Gasteiger partial charge in [0.1, 0.15) is 23.8 Å². The van der Waals surface area contributed by atoms with E-state index in [1.807, 2.05) is 26.0 Å². The lowest BCUT2D eigenvalue weighted by atomic mass is 10.1. The van der Waals surface area contributed by atoms with Crippen LogP contribution in [-0.2, 0) is 6.42 Å². The number of pyridine rings is 1. The van der Waals surface area contributed by atoms with E-state index in [4.69, 9.17) is 0 Å². The van der Waals surface area contributed by atoms with Crippen LogP contribution in [0.3, 0.4) is 0 Å². The number of aromatic nitrogens is 7. The molecule has 9 heteroatoms. The number of aromatic amines is 1. The highest BCUT2D eigenvalue weighted by Crippen LogP contribution is 2.29. The number of nitrogens with one attached hydrogen (secondary N) is 2. The lowest BCUT2D eigenvalue weighted by Gasteiger charge is -2.08. The Hall–Kier alpha value is -4.14. The van der Waals surface area contributed by atoms with Gasteiger partial charge in [-0.3, -0.25) is 10.1 Å². The van der Waals surface area contributed by atoms with E-state index in [2.05, 4.69) is 35.6 Å². The highest BCUT2D eigenvalue weighted by molar-refractivity contribution is 5.82. The molecule has 0 unspecified atom stereocenters. The lowest BCUT2D eigenvalue weighted by Crippen LogP contribution is -2.03. The Labute approximate surface area is 177 Å². The van der Waals surface area contributed by atoms with Gasteiger partial charge < -0.3 is 5.32 Å². The summed E-state index contributed by atoms with van der Waals surface area (Å²) in [5.74, 6) is 1.70. The van der Waals surface area contributed by atoms with Crippen LogP contribution in [-0.4, -0.2) is 34.9 Å². The van der Waals surface area contributed by atoms with Gasteiger partial charge in [0.2, 0.25) is 0 Å². The third kappa shape index (κ3) is 3.39. The van der Waals surface area contributed by atoms with Gasteiger partial charge in [-0.1, -0.05) is 6.92 Å². The first-order chi connectivity index (χ1) is 15.1. The van der Waals surface area contributed by atoms with Crippen molar-refractivity contribution in [3.8, 4) is 17.1 Å². The second-order valence-corrected chi connectivity index (χ2v) is 7.06. The molecule has 0 aliphatic heterocycles. The molecule has 4 aromatic heterocycles. The Morgan fingerprint density at radius 1 is 1.13 bits per heavy atom. The summed E-state index contributed by atoms with van der Waals surface area (Å²) in [6.45, 7) is 3.98. The van der Waals surface area contributed by atoms with Crippen LogP contribution in [0.1, 0.15) is 18.2 Å². The van der Waals surface area contributed by atoms with E-state index in [1.54, 1.807) is 29.2 Å². The molecule has 154 valence electrons. The molecule has 0 aliphatic carbocycles. The molecule has 0 saturated carbocycles. The van der Waals surface area contributed by atoms with E-state index in [9.17, 15) is 4.39 Å². The number of hydrogen-bond donors (Lipinski definition) is 2. The highest BCUT2D eigenvalue weighted by Gasteiger charge is 2.15. The summed E-state index contributed by atoms with van der Waals surface area (Å²) in [5.41, 5.74) is 4.41. The van der Waals surface area contributed by atoms with E-state index in [0.717, 1.165) is 45.7 Å². The number of fused-ring (bicyclic) bond motifs is 1. The maximum Gasteiger partial charge on any atom is 0.159 e. The predicted octanol–water partition coefficient (Wildman–Crippen LogP) is 4.35. The van der Waals surface area contributed by atoms with Crippen LogP contribution in [0.4, 0.5) is 16.0 Å². The summed E-state index contributed by atoms with van der Waals surface area (Å²) in [5, 5.41) is 16.3. The third-order valence-electron chi connectivity index (χ3n) is 5.13. The number of H-pyrrole nitrogens is 1. The van der Waals surface area contributed by atoms with Crippen molar-refractivity contribution in [3.05, 3.63) is 72.2 Å². The second kappa shape index (κ2) is 7.60. The van der Waals surface area contributed by atoms with E-state index >= 15 is 0 Å². The van der Waals surface area contributed by atoms with Gasteiger partial charge in [0.15, 0.2) is 5.82 Å². The van der Waals surface area contributed by atoms with Crippen molar-refractivity contribution < 1.29 is 4.39 Å². The molecule has 8 nitrogen and oxygen atoms in total. The van der Waals surface area contributed by atoms with Gasteiger partial charge in [0.25, 0.3) is 0 Å². The SMILES string of the molecule is CCc1c(-c2ccc(F)cc2)n[nH]c1Nc1cc(-n2nc(C)c3cnccc32)ncn1. The number of nitrogens with zero attached hydrogens (tertiary/aromatic N) is 6. The zero-order chi connectivity index (χ0) is 21.4. The van der Waals surface area contributed by atoms with E-state index in [0.29, 0.717) is 11.6 Å². The molecule has 0 saturated heterocycles. The lowest BCUT2D eigenvalue weighted by molar-refractivity contribution is 0.628. The molecule has 0 fully saturated rings. The van der Waals surface area contributed by atoms with Crippen LogP contribution >= 0.6 is 0 Å². The first kappa shape index (κ1) is 18.9. The second-order valence-electron chi connectivity index (χ2n) is 7.06. The fourth-order valence-electron chi connectivity index (χ4n) is 3.60. The predicted molar refractivity (Wildman–Crippen MR) is 116 cm³/mol. The van der Waals surface area contributed by atoms with Crippen LogP contribution in [0.15, 0.2) is 55.1 Å². The average Bonchev–Trinajstić information content (AvgIpc) is 3.35. The molecule has 4 heterocycles. The average molecular weight is 414 g/mol. The fraction of sp³-hybridized carbons (Fsp3) is 0.136. The van der Waals surface area contributed by atoms with Crippen molar-refractivity contribution in [1.82, 2.24) is 34.9 Å². The van der Waals surface area contributed by atoms with Gasteiger partial charge in [-0.15, -0.1) is 0 Å². The monoisotopic (exact) mass is 414 g/mol. The molecule has 5 rings (SSSR count). The van der Waals surface area contributed by atoms with Gasteiger partial charge in [0.05, 0.1) is 16.9 Å². The summed E-state index contributed by atoms with van der Waals surface area (Å²) >= 11 is 0. The molecule has 2 N–H and O–H groups in total. The molecule has 1 aromatic carbocycles. The summed E-state index contributed by atoms with van der Waals surface area (Å²) in [7, 11) is 0. The Morgan fingerprint density at radius 3 is 2.77 bits per heavy atom. The molecule has 0 amide bonds. The number of hydrogen-bond acceptors (Lipinski definition) is 6. The molecule has 5 aromatic rings. The van der Waals surface area contributed by atoms with Crippen LogP contribution in [0.2, 0.25) is 0 Å². The van der Waals surface area contributed by atoms with Crippen LogP contribution in [0.25, 0.3) is 28.0 Å². The first-order valence-corrected chi connectivity index (χ1v) is 9.86. The van der Waals surface area contributed by atoms with Crippen LogP contribution < -0.4 is 5.32 Å². The number of aryl methyl sites for hydroxylation is 1. The van der Waals surface area contributed by atoms with Gasteiger partial charge >= 0.3 is 0 Å². The highest BCUT2D eigenvalue weighted by atomic mass is 19.1. The molecule has 0 bridgehead atoms. The number of benzene rings is 1. The van der Waals surface area contributed by atoms with Crippen molar-refractivity contribution in [2.24, 2.45) is 0 Å². The summed E-state index contributed by atoms with van der Waals surface area (Å²) in [6, 6.07) is 10.0. The van der Waals surface area contributed by atoms with Crippen LogP contribution in [0, 0.1) is 12.7 Å².